The maximum atomic E-state index is 6.38. The quantitative estimate of drug-likeness (QED) is 0.227. The molecule has 0 saturated heterocycles. The first-order valence-electron chi connectivity index (χ1n) is 9.17. The number of hydrogen-bond acceptors (Lipinski definition) is 4. The minimum Gasteiger partial charge on any atom is -0.489 e. The maximum Gasteiger partial charge on any atom is 0.138 e. The lowest BCUT2D eigenvalue weighted by molar-refractivity contribution is 0.307. The van der Waals surface area contributed by atoms with Gasteiger partial charge >= 0.3 is 0 Å². The van der Waals surface area contributed by atoms with E-state index >= 15 is 0 Å². The molecule has 0 bridgehead atoms. The van der Waals surface area contributed by atoms with Crippen molar-refractivity contribution in [1.29, 1.82) is 0 Å². The molecule has 0 aliphatic carbocycles. The summed E-state index contributed by atoms with van der Waals surface area (Å²) in [6.07, 6.45) is 2.82. The molecule has 2 heterocycles. The third-order valence-electron chi connectivity index (χ3n) is 4.53. The first-order valence-corrected chi connectivity index (χ1v) is 11.4. The average Bonchev–Trinajstić information content (AvgIpc) is 3.17. The van der Waals surface area contributed by atoms with Crippen molar-refractivity contribution >= 4 is 44.8 Å². The van der Waals surface area contributed by atoms with Gasteiger partial charge in [0.05, 0.1) is 0 Å². The highest BCUT2D eigenvalue weighted by molar-refractivity contribution is 7.98. The number of aryl methyl sites for hydroxylation is 1. The molecule has 0 aliphatic heterocycles. The molecule has 0 N–H and O–H groups in total. The molecule has 0 amide bonds. The Morgan fingerprint density at radius 2 is 1.93 bits per heavy atom. The largest absolute Gasteiger partial charge is 0.489 e. The number of thiophene rings is 1. The van der Waals surface area contributed by atoms with Gasteiger partial charge in [-0.25, -0.2) is 4.98 Å². The third-order valence-corrected chi connectivity index (χ3v) is 6.98. The van der Waals surface area contributed by atoms with E-state index in [0.29, 0.717) is 11.8 Å². The lowest BCUT2D eigenvalue weighted by Crippen LogP contribution is -1.95. The molecule has 142 valence electrons. The van der Waals surface area contributed by atoms with Crippen molar-refractivity contribution < 1.29 is 4.74 Å². The minimum atomic E-state index is 0.487. The van der Waals surface area contributed by atoms with Gasteiger partial charge < -0.3 is 4.74 Å². The van der Waals surface area contributed by atoms with Crippen LogP contribution in [0, 0.1) is 0 Å². The molecule has 2 aromatic heterocycles. The Kier molecular flexibility index (Phi) is 6.20. The van der Waals surface area contributed by atoms with E-state index in [-0.39, 0.29) is 0 Å². The van der Waals surface area contributed by atoms with Crippen molar-refractivity contribution in [2.45, 2.75) is 30.6 Å². The maximum absolute atomic E-state index is 6.38. The first-order chi connectivity index (χ1) is 13.7. The molecular formula is C23H20ClNOS2. The molecule has 0 fully saturated rings. The number of fused-ring (bicyclic) bond motifs is 1. The summed E-state index contributed by atoms with van der Waals surface area (Å²) in [5, 5.41) is 3.71. The number of thioether (sulfide) groups is 1. The van der Waals surface area contributed by atoms with Crippen LogP contribution in [-0.2, 0) is 18.8 Å². The predicted octanol–water partition coefficient (Wildman–Crippen LogP) is 7.38. The number of nitrogens with zero attached hydrogens (tertiary/aromatic N) is 1. The van der Waals surface area contributed by atoms with E-state index in [1.54, 1.807) is 11.3 Å². The number of pyridine rings is 1. The zero-order valence-corrected chi connectivity index (χ0v) is 17.9. The Balaban J connectivity index is 1.46. The van der Waals surface area contributed by atoms with E-state index in [2.05, 4.69) is 53.7 Å². The molecular weight excluding hydrogens is 406 g/mol. The average molecular weight is 426 g/mol. The molecule has 0 atom stereocenters. The Morgan fingerprint density at radius 3 is 2.75 bits per heavy atom. The number of benzene rings is 2. The van der Waals surface area contributed by atoms with Gasteiger partial charge in [-0.3, -0.25) is 0 Å². The first kappa shape index (κ1) is 19.3. The van der Waals surface area contributed by atoms with Crippen LogP contribution in [0.2, 0.25) is 5.15 Å². The molecule has 5 heteroatoms. The van der Waals surface area contributed by atoms with Crippen molar-refractivity contribution in [3.63, 3.8) is 0 Å². The lowest BCUT2D eigenvalue weighted by atomic mass is 10.1. The summed E-state index contributed by atoms with van der Waals surface area (Å²) in [5.74, 6) is 1.81. The second-order valence-electron chi connectivity index (χ2n) is 6.43. The fraction of sp³-hybridized carbons (Fsp3) is 0.174. The molecule has 2 aromatic carbocycles. The number of rotatable bonds is 7. The van der Waals surface area contributed by atoms with E-state index in [1.807, 2.05) is 36.2 Å². The van der Waals surface area contributed by atoms with Crippen LogP contribution in [0.3, 0.4) is 0 Å². The zero-order valence-electron chi connectivity index (χ0n) is 15.5. The standard InChI is InChI=1S/C23H20ClNOS2/c1-2-17-12-25-23(24)21-18(15-28-22(17)21)13-26-19-9-6-10-20(11-19)27-14-16-7-4-3-5-8-16/h3-12,15H,2,13-14H2,1H3. The van der Waals surface area contributed by atoms with Gasteiger partial charge in [0.2, 0.25) is 0 Å². The van der Waals surface area contributed by atoms with E-state index in [4.69, 9.17) is 16.3 Å². The van der Waals surface area contributed by atoms with E-state index in [0.717, 1.165) is 28.9 Å². The highest BCUT2D eigenvalue weighted by Crippen LogP contribution is 2.34. The molecule has 28 heavy (non-hydrogen) atoms. The van der Waals surface area contributed by atoms with Crippen LogP contribution in [0.1, 0.15) is 23.6 Å². The van der Waals surface area contributed by atoms with E-state index in [9.17, 15) is 0 Å². The summed E-state index contributed by atoms with van der Waals surface area (Å²) < 4.78 is 7.30. The summed E-state index contributed by atoms with van der Waals surface area (Å²) >= 11 is 9.90. The summed E-state index contributed by atoms with van der Waals surface area (Å²) in [6, 6.07) is 18.7. The van der Waals surface area contributed by atoms with Gasteiger partial charge in [0, 0.05) is 32.5 Å². The van der Waals surface area contributed by atoms with Crippen molar-refractivity contribution in [3.05, 3.63) is 88.0 Å². The van der Waals surface area contributed by atoms with E-state index in [1.165, 1.54) is 20.7 Å². The van der Waals surface area contributed by atoms with Gasteiger partial charge in [0.25, 0.3) is 0 Å². The number of ether oxygens (including phenoxy) is 1. The number of halogens is 1. The summed E-state index contributed by atoms with van der Waals surface area (Å²) in [4.78, 5) is 5.55. The number of aromatic nitrogens is 1. The van der Waals surface area contributed by atoms with Crippen LogP contribution in [-0.4, -0.2) is 4.98 Å². The fourth-order valence-corrected chi connectivity index (χ4v) is 5.39. The zero-order chi connectivity index (χ0) is 19.3. The van der Waals surface area contributed by atoms with Crippen LogP contribution < -0.4 is 4.74 Å². The van der Waals surface area contributed by atoms with Gasteiger partial charge in [-0.05, 0) is 41.1 Å². The van der Waals surface area contributed by atoms with Crippen LogP contribution in [0.25, 0.3) is 10.1 Å². The number of hydrogen-bond donors (Lipinski definition) is 0. The molecule has 0 aliphatic rings. The van der Waals surface area contributed by atoms with Crippen LogP contribution in [0.15, 0.2) is 71.1 Å². The van der Waals surface area contributed by atoms with E-state index < -0.39 is 0 Å². The lowest BCUT2D eigenvalue weighted by Gasteiger charge is -2.09. The summed E-state index contributed by atoms with van der Waals surface area (Å²) in [5.41, 5.74) is 3.64. The van der Waals surface area contributed by atoms with Gasteiger partial charge in [-0.1, -0.05) is 54.9 Å². The Hall–Kier alpha value is -2.01. The normalized spacial score (nSPS) is 11.1. The molecule has 4 rings (SSSR count). The highest BCUT2D eigenvalue weighted by atomic mass is 35.5. The van der Waals surface area contributed by atoms with Gasteiger partial charge in [0.15, 0.2) is 0 Å². The highest BCUT2D eigenvalue weighted by Gasteiger charge is 2.13. The molecule has 4 aromatic rings. The molecule has 2 nitrogen and oxygen atoms in total. The third kappa shape index (κ3) is 4.35. The molecule has 0 spiro atoms. The van der Waals surface area contributed by atoms with Crippen molar-refractivity contribution in [2.24, 2.45) is 0 Å². The smallest absolute Gasteiger partial charge is 0.138 e. The Bertz CT molecular complexity index is 1080. The second-order valence-corrected chi connectivity index (χ2v) is 8.72. The van der Waals surface area contributed by atoms with Crippen molar-refractivity contribution in [1.82, 2.24) is 4.98 Å². The molecule has 0 radical (unpaired) electrons. The van der Waals surface area contributed by atoms with Gasteiger partial charge in [0.1, 0.15) is 17.5 Å². The second kappa shape index (κ2) is 8.99. The van der Waals surface area contributed by atoms with Crippen molar-refractivity contribution in [2.75, 3.05) is 0 Å². The van der Waals surface area contributed by atoms with Crippen LogP contribution in [0.4, 0.5) is 0 Å². The molecule has 0 saturated carbocycles. The van der Waals surface area contributed by atoms with Gasteiger partial charge in [-0.2, -0.15) is 0 Å². The fourth-order valence-electron chi connectivity index (χ4n) is 3.03. The SMILES string of the molecule is CCc1cnc(Cl)c2c(COc3cccc(SCc4ccccc4)c3)csc12. The molecule has 0 unspecified atom stereocenters. The summed E-state index contributed by atoms with van der Waals surface area (Å²) in [7, 11) is 0. The van der Waals surface area contributed by atoms with Gasteiger partial charge in [-0.15, -0.1) is 23.1 Å². The Morgan fingerprint density at radius 1 is 1.07 bits per heavy atom. The Labute approximate surface area is 178 Å². The minimum absolute atomic E-state index is 0.487. The van der Waals surface area contributed by atoms with Crippen molar-refractivity contribution in [3.8, 4) is 5.75 Å². The van der Waals surface area contributed by atoms with Crippen LogP contribution in [0.5, 0.6) is 5.75 Å². The predicted molar refractivity (Wildman–Crippen MR) is 121 cm³/mol. The summed E-state index contributed by atoms with van der Waals surface area (Å²) in [6.45, 7) is 2.63. The topological polar surface area (TPSA) is 22.1 Å². The monoisotopic (exact) mass is 425 g/mol. The van der Waals surface area contributed by atoms with Crippen LogP contribution >= 0.6 is 34.7 Å².